The van der Waals surface area contributed by atoms with Crippen LogP contribution in [0.3, 0.4) is 0 Å². The molecular formula is C9H9BrClO4P. The average molecular weight is 327 g/mol. The van der Waals surface area contributed by atoms with E-state index in [1.165, 1.54) is 0 Å². The monoisotopic (exact) mass is 326 g/mol. The van der Waals surface area contributed by atoms with E-state index in [9.17, 15) is 4.57 Å². The summed E-state index contributed by atoms with van der Waals surface area (Å²) in [5.74, 6) is 0. The summed E-state index contributed by atoms with van der Waals surface area (Å²) in [4.78, 5) is 17.6. The summed E-state index contributed by atoms with van der Waals surface area (Å²) in [5.41, 5.74) is 1.66. The van der Waals surface area contributed by atoms with Gasteiger partial charge in [-0.05, 0) is 40.4 Å². The first-order valence-corrected chi connectivity index (χ1v) is 7.29. The number of benzene rings is 1. The summed E-state index contributed by atoms with van der Waals surface area (Å²) < 4.78 is 16.2. The minimum Gasteiger partial charge on any atom is -0.303 e. The molecule has 2 rings (SSSR count). The molecule has 0 fully saturated rings. The molecule has 88 valence electrons. The Labute approximate surface area is 106 Å². The van der Waals surface area contributed by atoms with Gasteiger partial charge in [-0.25, -0.2) is 4.57 Å². The minimum atomic E-state index is -4.48. The zero-order chi connectivity index (χ0) is 11.9. The predicted molar refractivity (Wildman–Crippen MR) is 63.3 cm³/mol. The normalized spacial score (nSPS) is 19.9. The Bertz CT molecular complexity index is 473. The van der Waals surface area contributed by atoms with Crippen LogP contribution in [0.4, 0.5) is 0 Å². The molecule has 1 aromatic carbocycles. The fourth-order valence-corrected chi connectivity index (χ4v) is 3.07. The molecule has 4 nitrogen and oxygen atoms in total. The van der Waals surface area contributed by atoms with Crippen LogP contribution in [0.5, 0.6) is 0 Å². The molecule has 0 bridgehead atoms. The molecule has 7 heteroatoms. The second kappa shape index (κ2) is 4.41. The van der Waals surface area contributed by atoms with Crippen molar-refractivity contribution in [1.82, 2.24) is 0 Å². The number of aryl methyl sites for hydroxylation is 1. The fourth-order valence-electron chi connectivity index (χ4n) is 1.87. The Morgan fingerprint density at radius 1 is 1.50 bits per heavy atom. The predicted octanol–water partition coefficient (Wildman–Crippen LogP) is 3.20. The van der Waals surface area contributed by atoms with Gasteiger partial charge in [0.05, 0.1) is 11.1 Å². The SMILES string of the molecule is O=P(O)(O)OC1CCc2ccc(Br)c(Cl)c21. The van der Waals surface area contributed by atoms with Crippen LogP contribution in [0.15, 0.2) is 16.6 Å². The van der Waals surface area contributed by atoms with Gasteiger partial charge >= 0.3 is 7.82 Å². The van der Waals surface area contributed by atoms with Gasteiger partial charge in [0, 0.05) is 10.0 Å². The van der Waals surface area contributed by atoms with Gasteiger partial charge in [0.25, 0.3) is 0 Å². The number of phosphoric ester groups is 1. The van der Waals surface area contributed by atoms with Gasteiger partial charge in [0.1, 0.15) is 0 Å². The minimum absolute atomic E-state index is 0.466. The largest absolute Gasteiger partial charge is 0.470 e. The van der Waals surface area contributed by atoms with Crippen molar-refractivity contribution >= 4 is 35.4 Å². The summed E-state index contributed by atoms with van der Waals surface area (Å²) >= 11 is 9.36. The third-order valence-corrected chi connectivity index (χ3v) is 4.31. The first kappa shape index (κ1) is 12.6. The molecule has 0 amide bonds. The van der Waals surface area contributed by atoms with Crippen LogP contribution in [0.1, 0.15) is 23.7 Å². The van der Waals surface area contributed by atoms with E-state index in [2.05, 4.69) is 15.9 Å². The molecule has 0 spiro atoms. The summed E-state index contributed by atoms with van der Waals surface area (Å²) in [6.07, 6.45) is 0.629. The molecular weight excluding hydrogens is 318 g/mol. The van der Waals surface area contributed by atoms with Crippen molar-refractivity contribution in [2.24, 2.45) is 0 Å². The van der Waals surface area contributed by atoms with Gasteiger partial charge in [0.2, 0.25) is 0 Å². The topological polar surface area (TPSA) is 66.8 Å². The van der Waals surface area contributed by atoms with Gasteiger partial charge in [0.15, 0.2) is 0 Å². The molecule has 1 aromatic rings. The maximum atomic E-state index is 10.8. The van der Waals surface area contributed by atoms with Crippen LogP contribution >= 0.6 is 35.4 Å². The molecule has 0 aliphatic heterocycles. The van der Waals surface area contributed by atoms with Crippen molar-refractivity contribution in [3.8, 4) is 0 Å². The zero-order valence-electron chi connectivity index (χ0n) is 8.06. The Kier molecular flexibility index (Phi) is 3.46. The standard InChI is InChI=1S/C9H9BrClO4P/c10-6-3-1-5-2-4-7(8(5)9(6)11)15-16(12,13)14/h1,3,7H,2,4H2,(H2,12,13,14). The quantitative estimate of drug-likeness (QED) is 0.819. The highest BCUT2D eigenvalue weighted by Crippen LogP contribution is 2.49. The lowest BCUT2D eigenvalue weighted by Crippen LogP contribution is -1.99. The summed E-state index contributed by atoms with van der Waals surface area (Å²) in [5, 5.41) is 0.466. The van der Waals surface area contributed by atoms with Crippen LogP contribution in [0.25, 0.3) is 0 Å². The van der Waals surface area contributed by atoms with Crippen molar-refractivity contribution in [2.45, 2.75) is 18.9 Å². The number of hydrogen-bond acceptors (Lipinski definition) is 2. The average Bonchev–Trinajstić information content (AvgIpc) is 2.53. The molecule has 16 heavy (non-hydrogen) atoms. The second-order valence-electron chi connectivity index (χ2n) is 3.56. The van der Waals surface area contributed by atoms with Crippen LogP contribution in [0.2, 0.25) is 5.02 Å². The molecule has 1 aliphatic carbocycles. The Morgan fingerprint density at radius 3 is 2.81 bits per heavy atom. The smallest absolute Gasteiger partial charge is 0.303 e. The third kappa shape index (κ3) is 2.50. The van der Waals surface area contributed by atoms with Crippen molar-refractivity contribution in [3.05, 3.63) is 32.8 Å². The van der Waals surface area contributed by atoms with Crippen molar-refractivity contribution in [2.75, 3.05) is 0 Å². The van der Waals surface area contributed by atoms with E-state index in [1.54, 1.807) is 0 Å². The summed E-state index contributed by atoms with van der Waals surface area (Å²) in [6, 6.07) is 3.70. The number of phosphoric acid groups is 1. The summed E-state index contributed by atoms with van der Waals surface area (Å²) in [7, 11) is -4.48. The van der Waals surface area contributed by atoms with E-state index < -0.39 is 13.9 Å². The lowest BCUT2D eigenvalue weighted by Gasteiger charge is -2.15. The molecule has 1 aliphatic rings. The van der Waals surface area contributed by atoms with Crippen molar-refractivity contribution < 1.29 is 18.9 Å². The highest BCUT2D eigenvalue weighted by atomic mass is 79.9. The number of halogens is 2. The molecule has 0 radical (unpaired) electrons. The third-order valence-electron chi connectivity index (χ3n) is 2.49. The van der Waals surface area contributed by atoms with E-state index >= 15 is 0 Å². The summed E-state index contributed by atoms with van der Waals surface area (Å²) in [6.45, 7) is 0. The van der Waals surface area contributed by atoms with Gasteiger partial charge in [-0.2, -0.15) is 0 Å². The molecule has 0 saturated heterocycles. The van der Waals surface area contributed by atoms with Gasteiger partial charge in [-0.3, -0.25) is 4.52 Å². The van der Waals surface area contributed by atoms with Crippen molar-refractivity contribution in [1.29, 1.82) is 0 Å². The Balaban J connectivity index is 2.39. The maximum Gasteiger partial charge on any atom is 0.470 e. The highest BCUT2D eigenvalue weighted by molar-refractivity contribution is 9.10. The lowest BCUT2D eigenvalue weighted by atomic mass is 10.1. The molecule has 1 unspecified atom stereocenters. The molecule has 0 aromatic heterocycles. The number of fused-ring (bicyclic) bond motifs is 1. The second-order valence-corrected chi connectivity index (χ2v) is 5.98. The van der Waals surface area contributed by atoms with Gasteiger partial charge in [-0.1, -0.05) is 17.7 Å². The highest BCUT2D eigenvalue weighted by Gasteiger charge is 2.32. The lowest BCUT2D eigenvalue weighted by molar-refractivity contribution is 0.135. The van der Waals surface area contributed by atoms with Crippen LogP contribution in [0, 0.1) is 0 Å². The Hall–Kier alpha value is 0.1000. The van der Waals surface area contributed by atoms with Crippen LogP contribution in [-0.2, 0) is 15.5 Å². The van der Waals surface area contributed by atoms with Gasteiger partial charge < -0.3 is 9.79 Å². The number of hydrogen-bond donors (Lipinski definition) is 2. The van der Waals surface area contributed by atoms with Crippen LogP contribution in [-0.4, -0.2) is 9.79 Å². The van der Waals surface area contributed by atoms with E-state index in [-0.39, 0.29) is 0 Å². The molecule has 0 heterocycles. The van der Waals surface area contributed by atoms with Gasteiger partial charge in [-0.15, -0.1) is 0 Å². The molecule has 1 atom stereocenters. The van der Waals surface area contributed by atoms with E-state index in [0.717, 1.165) is 5.56 Å². The first-order chi connectivity index (χ1) is 7.38. The van der Waals surface area contributed by atoms with E-state index in [0.29, 0.717) is 27.9 Å². The fraction of sp³-hybridized carbons (Fsp3) is 0.333. The van der Waals surface area contributed by atoms with Crippen molar-refractivity contribution in [3.63, 3.8) is 0 Å². The molecule has 0 saturated carbocycles. The Morgan fingerprint density at radius 2 is 2.19 bits per heavy atom. The zero-order valence-corrected chi connectivity index (χ0v) is 11.3. The van der Waals surface area contributed by atoms with E-state index in [1.807, 2.05) is 12.1 Å². The van der Waals surface area contributed by atoms with Crippen LogP contribution < -0.4 is 0 Å². The maximum absolute atomic E-state index is 10.8. The number of rotatable bonds is 2. The first-order valence-electron chi connectivity index (χ1n) is 4.59. The molecule has 2 N–H and O–H groups in total. The van der Waals surface area contributed by atoms with E-state index in [4.69, 9.17) is 25.9 Å².